The van der Waals surface area contributed by atoms with Crippen LogP contribution in [0.1, 0.15) is 114 Å². The SMILES string of the molecule is C#Cc1c(F)ccc2cc(O)cc(-c3ncc4c(N5CC6CCC(C5)N6C(=O)OCc5ccc(OC(=O)CCCCCCCCCCC)cc5)nc(OC[C@@]56CCCN5CC(F)C6)nc4c3F)c12. The number of benzene rings is 3. The molecule has 1 amide bonds. The van der Waals surface area contributed by atoms with E-state index in [0.29, 0.717) is 62.3 Å². The number of unbranched alkanes of at least 4 members (excludes halogenated alkanes) is 8. The van der Waals surface area contributed by atoms with Crippen LogP contribution in [-0.2, 0) is 16.1 Å². The van der Waals surface area contributed by atoms with Gasteiger partial charge in [0.2, 0.25) is 0 Å². The number of hydrogen-bond acceptors (Lipinski definition) is 11. The Balaban J connectivity index is 0.895. The van der Waals surface area contributed by atoms with Crippen LogP contribution in [0, 0.1) is 24.0 Å². The van der Waals surface area contributed by atoms with Gasteiger partial charge in [0.25, 0.3) is 0 Å². The molecular formula is C53H59F3N6O6. The third-order valence-corrected chi connectivity index (χ3v) is 14.3. The van der Waals surface area contributed by atoms with E-state index >= 15 is 8.78 Å². The van der Waals surface area contributed by atoms with Gasteiger partial charge in [-0.25, -0.2) is 18.0 Å². The summed E-state index contributed by atoms with van der Waals surface area (Å²) in [6.45, 7) is 4.14. The van der Waals surface area contributed by atoms with E-state index < -0.39 is 29.4 Å². The van der Waals surface area contributed by atoms with Crippen molar-refractivity contribution in [2.75, 3.05) is 37.7 Å². The van der Waals surface area contributed by atoms with E-state index in [1.54, 1.807) is 29.2 Å². The van der Waals surface area contributed by atoms with Crippen molar-refractivity contribution in [2.45, 2.75) is 134 Å². The molecule has 68 heavy (non-hydrogen) atoms. The normalized spacial score (nSPS) is 21.1. The number of pyridine rings is 1. The van der Waals surface area contributed by atoms with E-state index in [1.165, 1.54) is 69.0 Å². The third kappa shape index (κ3) is 9.88. The number of halogens is 3. The number of aromatic hydroxyl groups is 1. The third-order valence-electron chi connectivity index (χ3n) is 14.3. The van der Waals surface area contributed by atoms with Crippen LogP contribution < -0.4 is 14.4 Å². The van der Waals surface area contributed by atoms with Gasteiger partial charge in [0.15, 0.2) is 5.82 Å². The molecule has 15 heteroatoms. The summed E-state index contributed by atoms with van der Waals surface area (Å²) in [6.07, 6.45) is 20.1. The Morgan fingerprint density at radius 1 is 0.941 bits per heavy atom. The van der Waals surface area contributed by atoms with E-state index in [2.05, 4.69) is 27.7 Å². The summed E-state index contributed by atoms with van der Waals surface area (Å²) in [7, 11) is 0. The number of aromatic nitrogens is 3. The Hall–Kier alpha value is -6.14. The molecule has 0 radical (unpaired) electrons. The number of alkyl halides is 1. The molecule has 2 bridgehead atoms. The lowest BCUT2D eigenvalue weighted by Crippen LogP contribution is -2.56. The van der Waals surface area contributed by atoms with Crippen LogP contribution in [0.3, 0.4) is 0 Å². The quantitative estimate of drug-likeness (QED) is 0.0390. The Bertz CT molecular complexity index is 2680. The molecule has 6 heterocycles. The number of nitrogens with zero attached hydrogens (tertiary/aromatic N) is 6. The Morgan fingerprint density at radius 3 is 2.41 bits per heavy atom. The molecule has 9 rings (SSSR count). The molecule has 3 aromatic carbocycles. The number of rotatable bonds is 18. The molecule has 4 saturated heterocycles. The Morgan fingerprint density at radius 2 is 1.68 bits per heavy atom. The van der Waals surface area contributed by atoms with Gasteiger partial charge < -0.3 is 24.2 Å². The number of esters is 1. The highest BCUT2D eigenvalue weighted by atomic mass is 19.1. The fraction of sp³-hybridized carbons (Fsp3) is 0.491. The van der Waals surface area contributed by atoms with Gasteiger partial charge >= 0.3 is 18.1 Å². The highest BCUT2D eigenvalue weighted by molar-refractivity contribution is 6.03. The number of anilines is 1. The van der Waals surface area contributed by atoms with Crippen LogP contribution in [-0.4, -0.2) is 98.5 Å². The number of piperazine rings is 1. The maximum Gasteiger partial charge on any atom is 0.410 e. The second-order valence-corrected chi connectivity index (χ2v) is 19.0. The van der Waals surface area contributed by atoms with E-state index in [-0.39, 0.29) is 76.1 Å². The van der Waals surface area contributed by atoms with Crippen LogP contribution in [0.15, 0.2) is 54.7 Å². The first-order chi connectivity index (χ1) is 33.0. The minimum absolute atomic E-state index is 0.0295. The average Bonchev–Trinajstić information content (AvgIpc) is 3.96. The minimum atomic E-state index is -0.984. The summed E-state index contributed by atoms with van der Waals surface area (Å²) >= 11 is 0. The van der Waals surface area contributed by atoms with Gasteiger partial charge in [-0.05, 0) is 79.9 Å². The Kier molecular flexibility index (Phi) is 14.2. The van der Waals surface area contributed by atoms with Crippen LogP contribution in [0.25, 0.3) is 32.9 Å². The summed E-state index contributed by atoms with van der Waals surface area (Å²) in [5, 5.41) is 11.6. The lowest BCUT2D eigenvalue weighted by atomic mass is 9.95. The molecule has 0 aliphatic carbocycles. The summed E-state index contributed by atoms with van der Waals surface area (Å²) in [5.74, 6) is 1.18. The van der Waals surface area contributed by atoms with Crippen molar-refractivity contribution in [2.24, 2.45) is 0 Å². The lowest BCUT2D eigenvalue weighted by molar-refractivity contribution is -0.134. The smallest absolute Gasteiger partial charge is 0.410 e. The topological polar surface area (TPSA) is 130 Å². The fourth-order valence-corrected chi connectivity index (χ4v) is 10.9. The number of amides is 1. The summed E-state index contributed by atoms with van der Waals surface area (Å²) in [5.41, 5.74) is -0.121. The predicted molar refractivity (Wildman–Crippen MR) is 253 cm³/mol. The number of phenols is 1. The highest BCUT2D eigenvalue weighted by Gasteiger charge is 2.50. The zero-order valence-electron chi connectivity index (χ0n) is 38.7. The van der Waals surface area contributed by atoms with Crippen LogP contribution >= 0.6 is 0 Å². The van der Waals surface area contributed by atoms with Gasteiger partial charge in [-0.2, -0.15) is 9.97 Å². The molecule has 0 spiro atoms. The van der Waals surface area contributed by atoms with Crippen molar-refractivity contribution >= 4 is 39.6 Å². The zero-order chi connectivity index (χ0) is 47.4. The number of phenolic OH excluding ortho intramolecular Hbond substituents is 1. The van der Waals surface area contributed by atoms with E-state index in [1.807, 2.05) is 4.90 Å². The average molecular weight is 933 g/mol. The van der Waals surface area contributed by atoms with E-state index in [9.17, 15) is 19.1 Å². The standard InChI is InChI=1S/C53H59F3N6O6/c1-3-5-6-7-8-9-10-11-12-14-45(64)68-40-20-15-34(16-21-40)32-66-52(65)62-37-18-19-38(62)31-60(30-37)50-43-28-57-48(42-26-39(63)25-35-17-22-44(55)41(4-2)46(35)42)47(56)49(43)58-51(59-50)67-33-53-23-13-24-61(53)29-36(54)27-53/h2,15-17,20-22,25-26,28,36-38,63H,3,5-14,18-19,23-24,27,29-33H2,1H3/t36?,37?,38?,53-/m0/s1. The fourth-order valence-electron chi connectivity index (χ4n) is 10.9. The second-order valence-electron chi connectivity index (χ2n) is 19.0. The maximum absolute atomic E-state index is 17.2. The maximum atomic E-state index is 17.2. The Labute approximate surface area is 395 Å². The van der Waals surface area contributed by atoms with Gasteiger partial charge in [-0.1, -0.05) is 82.4 Å². The molecule has 4 fully saturated rings. The van der Waals surface area contributed by atoms with Crippen LogP contribution in [0.2, 0.25) is 0 Å². The van der Waals surface area contributed by atoms with Crippen molar-refractivity contribution in [1.82, 2.24) is 24.8 Å². The number of fused-ring (bicyclic) bond motifs is 5. The summed E-state index contributed by atoms with van der Waals surface area (Å²) < 4.78 is 64.8. The van der Waals surface area contributed by atoms with E-state index in [4.69, 9.17) is 25.6 Å². The second kappa shape index (κ2) is 20.6. The molecule has 358 valence electrons. The molecule has 5 aromatic rings. The molecule has 1 N–H and O–H groups in total. The first-order valence-electron chi connectivity index (χ1n) is 24.3. The molecule has 4 atom stereocenters. The molecular weight excluding hydrogens is 874 g/mol. The zero-order valence-corrected chi connectivity index (χ0v) is 38.7. The summed E-state index contributed by atoms with van der Waals surface area (Å²) in [6, 6.07) is 11.7. The molecule has 3 unspecified atom stereocenters. The van der Waals surface area contributed by atoms with Gasteiger partial charge in [-0.15, -0.1) is 6.42 Å². The van der Waals surface area contributed by atoms with Crippen molar-refractivity contribution in [1.29, 1.82) is 0 Å². The van der Waals surface area contributed by atoms with Crippen molar-refractivity contribution in [3.8, 4) is 41.1 Å². The van der Waals surface area contributed by atoms with Crippen LogP contribution in [0.5, 0.6) is 17.5 Å². The number of ether oxygens (including phenoxy) is 3. The number of carbonyl (C=O) groups excluding carboxylic acids is 2. The first kappa shape index (κ1) is 46.9. The number of carbonyl (C=O) groups is 2. The van der Waals surface area contributed by atoms with Crippen molar-refractivity contribution < 1.29 is 42.1 Å². The van der Waals surface area contributed by atoms with Crippen LogP contribution in [0.4, 0.5) is 23.8 Å². The molecule has 2 aromatic heterocycles. The van der Waals surface area contributed by atoms with Gasteiger partial charge in [0.05, 0.1) is 28.6 Å². The van der Waals surface area contributed by atoms with Crippen molar-refractivity contribution in [3.63, 3.8) is 0 Å². The lowest BCUT2D eigenvalue weighted by Gasteiger charge is -2.41. The predicted octanol–water partition coefficient (Wildman–Crippen LogP) is 10.6. The molecule has 0 saturated carbocycles. The molecule has 12 nitrogen and oxygen atoms in total. The minimum Gasteiger partial charge on any atom is -0.508 e. The highest BCUT2D eigenvalue weighted by Crippen LogP contribution is 2.43. The number of terminal acetylenes is 1. The molecule has 4 aliphatic heterocycles. The number of hydrogen-bond donors (Lipinski definition) is 1. The van der Waals surface area contributed by atoms with Crippen molar-refractivity contribution in [3.05, 3.63) is 77.5 Å². The van der Waals surface area contributed by atoms with E-state index in [0.717, 1.165) is 44.2 Å². The first-order valence-corrected chi connectivity index (χ1v) is 24.3. The van der Waals surface area contributed by atoms with Gasteiger partial charge in [0.1, 0.15) is 53.7 Å². The largest absolute Gasteiger partial charge is 0.508 e. The summed E-state index contributed by atoms with van der Waals surface area (Å²) in [4.78, 5) is 46.1. The van der Waals surface area contributed by atoms with Gasteiger partial charge in [-0.3, -0.25) is 19.6 Å². The van der Waals surface area contributed by atoms with Gasteiger partial charge in [0, 0.05) is 49.6 Å². The monoisotopic (exact) mass is 932 g/mol. The molecule has 4 aliphatic rings.